The summed E-state index contributed by atoms with van der Waals surface area (Å²) in [6.07, 6.45) is 6.00. The second kappa shape index (κ2) is 6.89. The molecule has 0 aromatic rings. The zero-order chi connectivity index (χ0) is 13.7. The first kappa shape index (κ1) is 14.3. The van der Waals surface area contributed by atoms with Crippen LogP contribution in [0.5, 0.6) is 0 Å². The van der Waals surface area contributed by atoms with Crippen LogP contribution in [-0.4, -0.2) is 47.6 Å². The average molecular weight is 268 g/mol. The van der Waals surface area contributed by atoms with Gasteiger partial charge in [0.1, 0.15) is 0 Å². The Bertz CT molecular complexity index is 323. The molecule has 0 atom stereocenters. The van der Waals surface area contributed by atoms with E-state index in [9.17, 15) is 9.59 Å². The molecule has 108 valence electrons. The minimum Gasteiger partial charge on any atom is -0.481 e. The van der Waals surface area contributed by atoms with Crippen molar-refractivity contribution in [3.05, 3.63) is 0 Å². The molecule has 1 aliphatic carbocycles. The van der Waals surface area contributed by atoms with Gasteiger partial charge >= 0.3 is 5.97 Å². The van der Waals surface area contributed by atoms with Crippen LogP contribution >= 0.6 is 0 Å². The maximum Gasteiger partial charge on any atom is 0.305 e. The van der Waals surface area contributed by atoms with E-state index in [4.69, 9.17) is 5.11 Å². The highest BCUT2D eigenvalue weighted by Crippen LogP contribution is 2.28. The highest BCUT2D eigenvalue weighted by Gasteiger charge is 2.32. The lowest BCUT2D eigenvalue weighted by Gasteiger charge is -2.25. The van der Waals surface area contributed by atoms with Gasteiger partial charge in [-0.05, 0) is 51.1 Å². The van der Waals surface area contributed by atoms with Crippen LogP contribution in [0.25, 0.3) is 0 Å². The van der Waals surface area contributed by atoms with Crippen molar-refractivity contribution in [2.45, 2.75) is 51.0 Å². The predicted octanol–water partition coefficient (Wildman–Crippen LogP) is 1.23. The van der Waals surface area contributed by atoms with E-state index in [1.807, 2.05) is 0 Å². The van der Waals surface area contributed by atoms with Crippen molar-refractivity contribution in [3.8, 4) is 0 Å². The number of carbonyl (C=O) groups is 2. The molecule has 0 aromatic carbocycles. The van der Waals surface area contributed by atoms with Crippen molar-refractivity contribution in [3.63, 3.8) is 0 Å². The summed E-state index contributed by atoms with van der Waals surface area (Å²) in [6, 6.07) is 0.319. The molecule has 0 aromatic heterocycles. The summed E-state index contributed by atoms with van der Waals surface area (Å²) in [4.78, 5) is 24.6. The first-order valence-corrected chi connectivity index (χ1v) is 7.39. The van der Waals surface area contributed by atoms with E-state index in [1.54, 1.807) is 4.90 Å². The lowest BCUT2D eigenvalue weighted by atomic mass is 9.93. The third-order valence-electron chi connectivity index (χ3n) is 4.10. The minimum atomic E-state index is -0.822. The van der Waals surface area contributed by atoms with Gasteiger partial charge in [0, 0.05) is 19.0 Å². The van der Waals surface area contributed by atoms with Gasteiger partial charge in [0.25, 0.3) is 0 Å². The number of hydrogen-bond acceptors (Lipinski definition) is 3. The summed E-state index contributed by atoms with van der Waals surface area (Å²) < 4.78 is 0. The topological polar surface area (TPSA) is 69.6 Å². The Morgan fingerprint density at radius 1 is 1.11 bits per heavy atom. The second-order valence-electron chi connectivity index (χ2n) is 5.69. The SMILES string of the molecule is O=C(O)CCN(C(=O)CCC1CCNCC1)C1CC1. The van der Waals surface area contributed by atoms with E-state index in [0.717, 1.165) is 45.2 Å². The van der Waals surface area contributed by atoms with Crippen molar-refractivity contribution >= 4 is 11.9 Å². The molecule has 0 radical (unpaired) electrons. The van der Waals surface area contributed by atoms with Crippen LogP contribution in [0.3, 0.4) is 0 Å². The van der Waals surface area contributed by atoms with E-state index in [2.05, 4.69) is 5.32 Å². The Hall–Kier alpha value is -1.10. The average Bonchev–Trinajstić information content (AvgIpc) is 3.22. The maximum absolute atomic E-state index is 12.2. The molecule has 0 unspecified atom stereocenters. The second-order valence-corrected chi connectivity index (χ2v) is 5.69. The lowest BCUT2D eigenvalue weighted by molar-refractivity contribution is -0.138. The normalized spacial score (nSPS) is 20.2. The van der Waals surface area contributed by atoms with Gasteiger partial charge in [-0.15, -0.1) is 0 Å². The number of rotatable bonds is 7. The smallest absolute Gasteiger partial charge is 0.305 e. The number of nitrogens with zero attached hydrogens (tertiary/aromatic N) is 1. The van der Waals surface area contributed by atoms with Crippen molar-refractivity contribution in [2.75, 3.05) is 19.6 Å². The third kappa shape index (κ3) is 4.82. The summed E-state index contributed by atoms with van der Waals surface area (Å²) in [7, 11) is 0. The molecule has 1 saturated heterocycles. The Morgan fingerprint density at radius 3 is 2.37 bits per heavy atom. The van der Waals surface area contributed by atoms with Gasteiger partial charge in [-0.25, -0.2) is 0 Å². The van der Waals surface area contributed by atoms with Crippen LogP contribution in [0.2, 0.25) is 0 Å². The molecule has 5 nitrogen and oxygen atoms in total. The molecule has 1 amide bonds. The van der Waals surface area contributed by atoms with Gasteiger partial charge in [-0.2, -0.15) is 0 Å². The predicted molar refractivity (Wildman–Crippen MR) is 71.8 cm³/mol. The van der Waals surface area contributed by atoms with Gasteiger partial charge in [0.2, 0.25) is 5.91 Å². The third-order valence-corrected chi connectivity index (χ3v) is 4.10. The quantitative estimate of drug-likeness (QED) is 0.728. The van der Waals surface area contributed by atoms with Gasteiger partial charge in [-0.3, -0.25) is 9.59 Å². The molecule has 1 aliphatic heterocycles. The fourth-order valence-electron chi connectivity index (χ4n) is 2.75. The highest BCUT2D eigenvalue weighted by atomic mass is 16.4. The van der Waals surface area contributed by atoms with E-state index >= 15 is 0 Å². The number of carboxylic acid groups (broad SMARTS) is 1. The zero-order valence-electron chi connectivity index (χ0n) is 11.4. The van der Waals surface area contributed by atoms with Crippen molar-refractivity contribution in [1.29, 1.82) is 0 Å². The summed E-state index contributed by atoms with van der Waals surface area (Å²) in [5, 5.41) is 12.1. The molecule has 0 spiro atoms. The Morgan fingerprint density at radius 2 is 1.79 bits per heavy atom. The van der Waals surface area contributed by atoms with Gasteiger partial charge in [-0.1, -0.05) is 0 Å². The first-order chi connectivity index (χ1) is 9.16. The highest BCUT2D eigenvalue weighted by molar-refractivity contribution is 5.77. The van der Waals surface area contributed by atoms with Crippen LogP contribution in [0, 0.1) is 5.92 Å². The number of hydrogen-bond donors (Lipinski definition) is 2. The molecule has 0 bridgehead atoms. The zero-order valence-corrected chi connectivity index (χ0v) is 11.4. The standard InChI is InChI=1S/C14H24N2O3/c17-13(4-1-11-5-8-15-9-6-11)16(12-2-3-12)10-7-14(18)19/h11-12,15H,1-10H2,(H,18,19). The summed E-state index contributed by atoms with van der Waals surface area (Å²) in [5.74, 6) is -0.00943. The van der Waals surface area contributed by atoms with Gasteiger partial charge in [0.15, 0.2) is 0 Å². The molecule has 2 fully saturated rings. The minimum absolute atomic E-state index is 0.0651. The number of nitrogens with one attached hydrogen (secondary N) is 1. The van der Waals surface area contributed by atoms with Gasteiger partial charge in [0.05, 0.1) is 6.42 Å². The lowest BCUT2D eigenvalue weighted by Crippen LogP contribution is -2.35. The van der Waals surface area contributed by atoms with Crippen molar-refractivity contribution in [1.82, 2.24) is 10.2 Å². The molecule has 5 heteroatoms. The first-order valence-electron chi connectivity index (χ1n) is 7.39. The molecule has 1 heterocycles. The number of aliphatic carboxylic acids is 1. The number of amides is 1. The van der Waals surface area contributed by atoms with Crippen LogP contribution in [0.1, 0.15) is 44.9 Å². The van der Waals surface area contributed by atoms with E-state index in [0.29, 0.717) is 24.9 Å². The van der Waals surface area contributed by atoms with E-state index in [-0.39, 0.29) is 12.3 Å². The van der Waals surface area contributed by atoms with E-state index in [1.165, 1.54) is 0 Å². The number of carbonyl (C=O) groups excluding carboxylic acids is 1. The van der Waals surface area contributed by atoms with Crippen LogP contribution in [0.15, 0.2) is 0 Å². The molecule has 2 rings (SSSR count). The largest absolute Gasteiger partial charge is 0.481 e. The molecular formula is C14H24N2O3. The fourth-order valence-corrected chi connectivity index (χ4v) is 2.75. The molecule has 19 heavy (non-hydrogen) atoms. The molecule has 1 saturated carbocycles. The van der Waals surface area contributed by atoms with Crippen LogP contribution in [-0.2, 0) is 9.59 Å². The van der Waals surface area contributed by atoms with Crippen molar-refractivity contribution < 1.29 is 14.7 Å². The maximum atomic E-state index is 12.2. The molecular weight excluding hydrogens is 244 g/mol. The molecule has 2 aliphatic rings. The number of piperidine rings is 1. The van der Waals surface area contributed by atoms with E-state index < -0.39 is 5.97 Å². The monoisotopic (exact) mass is 268 g/mol. The summed E-state index contributed by atoms with van der Waals surface area (Å²) in [5.41, 5.74) is 0. The Labute approximate surface area is 114 Å². The van der Waals surface area contributed by atoms with Crippen LogP contribution < -0.4 is 5.32 Å². The fraction of sp³-hybridized carbons (Fsp3) is 0.857. The van der Waals surface area contributed by atoms with Gasteiger partial charge < -0.3 is 15.3 Å². The molecule has 2 N–H and O–H groups in total. The van der Waals surface area contributed by atoms with Crippen molar-refractivity contribution in [2.24, 2.45) is 5.92 Å². The summed E-state index contributed by atoms with van der Waals surface area (Å²) >= 11 is 0. The van der Waals surface area contributed by atoms with Crippen LogP contribution in [0.4, 0.5) is 0 Å². The summed E-state index contributed by atoms with van der Waals surface area (Å²) in [6.45, 7) is 2.50. The Balaban J connectivity index is 1.73. The number of carboxylic acids is 1. The Kier molecular flexibility index (Phi) is 5.19.